The van der Waals surface area contributed by atoms with Crippen LogP contribution in [0.15, 0.2) is 35.0 Å². The number of aryl methyl sites for hydroxylation is 2. The molecule has 1 amide bonds. The van der Waals surface area contributed by atoms with Crippen molar-refractivity contribution in [2.45, 2.75) is 31.6 Å². The third kappa shape index (κ3) is 3.62. The molecule has 0 radical (unpaired) electrons. The minimum Gasteiger partial charge on any atom is -0.339 e. The maximum Gasteiger partial charge on any atom is 0.227 e. The molecule has 1 aliphatic rings. The number of rotatable bonds is 6. The Morgan fingerprint density at radius 1 is 1.35 bits per heavy atom. The van der Waals surface area contributed by atoms with Gasteiger partial charge in [-0.3, -0.25) is 9.48 Å². The number of hydrogen-bond donors (Lipinski definition) is 1. The largest absolute Gasteiger partial charge is 0.339 e. The minimum atomic E-state index is -0.0915. The molecule has 0 unspecified atom stereocenters. The van der Waals surface area contributed by atoms with Gasteiger partial charge in [0.2, 0.25) is 17.6 Å². The average Bonchev–Trinajstić information content (AvgIpc) is 3.23. The van der Waals surface area contributed by atoms with E-state index >= 15 is 0 Å². The van der Waals surface area contributed by atoms with E-state index in [1.807, 2.05) is 23.9 Å². The number of carbonyl (C=O) groups is 1. The molecule has 26 heavy (non-hydrogen) atoms. The molecule has 1 N–H and O–H groups in total. The first kappa shape index (κ1) is 16.8. The van der Waals surface area contributed by atoms with Crippen LogP contribution in [0.2, 0.25) is 5.02 Å². The molecular weight excluding hydrogens is 354 g/mol. The first-order chi connectivity index (χ1) is 12.6. The average molecular weight is 372 g/mol. The summed E-state index contributed by atoms with van der Waals surface area (Å²) in [7, 11) is 1.90. The molecule has 7 nitrogen and oxygen atoms in total. The van der Waals surface area contributed by atoms with Crippen molar-refractivity contribution in [1.82, 2.24) is 19.9 Å². The van der Waals surface area contributed by atoms with Gasteiger partial charge in [0, 0.05) is 36.4 Å². The zero-order valence-corrected chi connectivity index (χ0v) is 15.0. The summed E-state index contributed by atoms with van der Waals surface area (Å²) in [6, 6.07) is 7.19. The van der Waals surface area contributed by atoms with Crippen LogP contribution in [0.1, 0.15) is 36.8 Å². The molecular formula is C18H18ClN5O2. The molecule has 0 saturated heterocycles. The Morgan fingerprint density at radius 2 is 2.12 bits per heavy atom. The molecule has 4 rings (SSSR count). The Kier molecular flexibility index (Phi) is 4.46. The fourth-order valence-electron chi connectivity index (χ4n) is 2.89. The first-order valence-electron chi connectivity index (χ1n) is 8.50. The minimum absolute atomic E-state index is 0.0915. The lowest BCUT2D eigenvalue weighted by atomic mass is 10.2. The SMILES string of the molecule is Cn1ncc(NC(=O)CCc2nc(-c3ccc(Cl)cc3)no2)c1C1CC1. The molecule has 2 heterocycles. The van der Waals surface area contributed by atoms with Gasteiger partial charge in [-0.05, 0) is 37.1 Å². The van der Waals surface area contributed by atoms with Gasteiger partial charge in [0.05, 0.1) is 17.6 Å². The third-order valence-corrected chi connectivity index (χ3v) is 4.61. The van der Waals surface area contributed by atoms with Crippen LogP contribution in [0.5, 0.6) is 0 Å². The Hall–Kier alpha value is -2.67. The Bertz CT molecular complexity index is 927. The van der Waals surface area contributed by atoms with Gasteiger partial charge in [-0.2, -0.15) is 10.1 Å². The number of amides is 1. The van der Waals surface area contributed by atoms with E-state index in [0.29, 0.717) is 29.1 Å². The van der Waals surface area contributed by atoms with Crippen LogP contribution in [0, 0.1) is 0 Å². The molecule has 0 spiro atoms. The monoisotopic (exact) mass is 371 g/mol. The van der Waals surface area contributed by atoms with E-state index in [4.69, 9.17) is 16.1 Å². The summed E-state index contributed by atoms with van der Waals surface area (Å²) >= 11 is 5.88. The van der Waals surface area contributed by atoms with E-state index in [9.17, 15) is 4.79 Å². The van der Waals surface area contributed by atoms with E-state index in [1.54, 1.807) is 18.3 Å². The second-order valence-corrected chi connectivity index (χ2v) is 6.84. The predicted octanol–water partition coefficient (Wildman–Crippen LogP) is 3.57. The quantitative estimate of drug-likeness (QED) is 0.715. The number of hydrogen-bond acceptors (Lipinski definition) is 5. The van der Waals surface area contributed by atoms with E-state index in [0.717, 1.165) is 29.8 Å². The lowest BCUT2D eigenvalue weighted by molar-refractivity contribution is -0.116. The Balaban J connectivity index is 1.36. The molecule has 0 aliphatic heterocycles. The zero-order valence-electron chi connectivity index (χ0n) is 14.3. The van der Waals surface area contributed by atoms with Gasteiger partial charge in [-0.15, -0.1) is 0 Å². The van der Waals surface area contributed by atoms with Crippen LogP contribution in [0.3, 0.4) is 0 Å². The summed E-state index contributed by atoms with van der Waals surface area (Å²) < 4.78 is 7.07. The second kappa shape index (κ2) is 6.92. The zero-order chi connectivity index (χ0) is 18.1. The number of aromatic nitrogens is 4. The predicted molar refractivity (Wildman–Crippen MR) is 96.9 cm³/mol. The molecule has 1 fully saturated rings. The first-order valence-corrected chi connectivity index (χ1v) is 8.88. The summed E-state index contributed by atoms with van der Waals surface area (Å²) in [6.45, 7) is 0. The van der Waals surface area contributed by atoms with Crippen LogP contribution in [-0.2, 0) is 18.3 Å². The van der Waals surface area contributed by atoms with Gasteiger partial charge < -0.3 is 9.84 Å². The van der Waals surface area contributed by atoms with Gasteiger partial charge >= 0.3 is 0 Å². The number of halogens is 1. The smallest absolute Gasteiger partial charge is 0.227 e. The van der Waals surface area contributed by atoms with E-state index in [2.05, 4.69) is 20.6 Å². The number of carbonyl (C=O) groups excluding carboxylic acids is 1. The topological polar surface area (TPSA) is 85.8 Å². The van der Waals surface area contributed by atoms with E-state index in [1.165, 1.54) is 0 Å². The molecule has 8 heteroatoms. The highest BCUT2D eigenvalue weighted by molar-refractivity contribution is 6.30. The Labute approximate surface area is 155 Å². The molecule has 0 bridgehead atoms. The molecule has 1 aliphatic carbocycles. The van der Waals surface area contributed by atoms with Gasteiger partial charge in [-0.1, -0.05) is 16.8 Å². The highest BCUT2D eigenvalue weighted by atomic mass is 35.5. The highest BCUT2D eigenvalue weighted by Crippen LogP contribution is 2.43. The fourth-order valence-corrected chi connectivity index (χ4v) is 3.02. The molecule has 3 aromatic rings. The molecule has 0 atom stereocenters. The summed E-state index contributed by atoms with van der Waals surface area (Å²) in [5.74, 6) is 1.33. The van der Waals surface area contributed by atoms with Crippen LogP contribution >= 0.6 is 11.6 Å². The number of nitrogens with zero attached hydrogens (tertiary/aromatic N) is 4. The van der Waals surface area contributed by atoms with Crippen molar-refractivity contribution in [3.8, 4) is 11.4 Å². The fraction of sp³-hybridized carbons (Fsp3) is 0.333. The second-order valence-electron chi connectivity index (χ2n) is 6.41. The van der Waals surface area contributed by atoms with Gasteiger partial charge in [0.15, 0.2) is 0 Å². The van der Waals surface area contributed by atoms with Crippen molar-refractivity contribution in [3.05, 3.63) is 47.1 Å². The number of nitrogens with one attached hydrogen (secondary N) is 1. The molecule has 1 saturated carbocycles. The van der Waals surface area contributed by atoms with Crippen LogP contribution < -0.4 is 5.32 Å². The van der Waals surface area contributed by atoms with Gasteiger partial charge in [-0.25, -0.2) is 0 Å². The van der Waals surface area contributed by atoms with Crippen LogP contribution in [0.25, 0.3) is 11.4 Å². The van der Waals surface area contributed by atoms with Crippen molar-refractivity contribution in [3.63, 3.8) is 0 Å². The van der Waals surface area contributed by atoms with Crippen LogP contribution in [0.4, 0.5) is 5.69 Å². The van der Waals surface area contributed by atoms with Gasteiger partial charge in [0.25, 0.3) is 0 Å². The summed E-state index contributed by atoms with van der Waals surface area (Å²) in [5, 5.41) is 11.8. The van der Waals surface area contributed by atoms with Crippen LogP contribution in [-0.4, -0.2) is 25.8 Å². The van der Waals surface area contributed by atoms with Crippen molar-refractivity contribution in [2.24, 2.45) is 7.05 Å². The van der Waals surface area contributed by atoms with Crippen molar-refractivity contribution in [1.29, 1.82) is 0 Å². The summed E-state index contributed by atoms with van der Waals surface area (Å²) in [5.41, 5.74) is 2.71. The lowest BCUT2D eigenvalue weighted by Gasteiger charge is -2.06. The maximum absolute atomic E-state index is 12.3. The van der Waals surface area contributed by atoms with Crippen molar-refractivity contribution >= 4 is 23.2 Å². The number of benzene rings is 1. The van der Waals surface area contributed by atoms with Crippen molar-refractivity contribution < 1.29 is 9.32 Å². The lowest BCUT2D eigenvalue weighted by Crippen LogP contribution is -2.13. The number of anilines is 1. The van der Waals surface area contributed by atoms with Gasteiger partial charge in [0.1, 0.15) is 0 Å². The third-order valence-electron chi connectivity index (χ3n) is 4.36. The summed E-state index contributed by atoms with van der Waals surface area (Å²) in [4.78, 5) is 16.6. The summed E-state index contributed by atoms with van der Waals surface area (Å²) in [6.07, 6.45) is 4.65. The molecule has 134 valence electrons. The van der Waals surface area contributed by atoms with Crippen molar-refractivity contribution in [2.75, 3.05) is 5.32 Å². The maximum atomic E-state index is 12.3. The van der Waals surface area contributed by atoms with E-state index in [-0.39, 0.29) is 12.3 Å². The molecule has 1 aromatic carbocycles. The molecule has 2 aromatic heterocycles. The normalized spacial score (nSPS) is 13.8. The Morgan fingerprint density at radius 3 is 2.85 bits per heavy atom. The van der Waals surface area contributed by atoms with E-state index < -0.39 is 0 Å². The standard InChI is InChI=1S/C18H18ClN5O2/c1-24-17(11-2-3-11)14(10-20-24)21-15(25)8-9-16-22-18(23-26-16)12-4-6-13(19)7-5-12/h4-7,10-11H,2-3,8-9H2,1H3,(H,21,25). The highest BCUT2D eigenvalue weighted by Gasteiger charge is 2.30.